The average molecular weight is 471 g/mol. The molecule has 0 spiro atoms. The molecule has 0 aliphatic rings. The van der Waals surface area contributed by atoms with Crippen LogP contribution in [0.15, 0.2) is 77.5 Å². The highest BCUT2D eigenvalue weighted by Gasteiger charge is 2.19. The van der Waals surface area contributed by atoms with Crippen molar-refractivity contribution in [2.45, 2.75) is 6.61 Å². The lowest BCUT2D eigenvalue weighted by Crippen LogP contribution is -2.40. The van der Waals surface area contributed by atoms with Crippen LogP contribution in [-0.4, -0.2) is 17.2 Å². The largest absolute Gasteiger partial charge is 0.867 e. The highest BCUT2D eigenvalue weighted by molar-refractivity contribution is 9.10. The summed E-state index contributed by atoms with van der Waals surface area (Å²) in [5.74, 6) is 0.491. The summed E-state index contributed by atoms with van der Waals surface area (Å²) in [5, 5.41) is 25.9. The molecule has 148 valence electrons. The minimum absolute atomic E-state index is 0.140. The van der Waals surface area contributed by atoms with E-state index in [2.05, 4.69) is 21.2 Å². The summed E-state index contributed by atoms with van der Waals surface area (Å²) >= 11 is 8.97. The predicted molar refractivity (Wildman–Crippen MR) is 119 cm³/mol. The van der Waals surface area contributed by atoms with E-state index in [1.807, 2.05) is 12.1 Å². The van der Waals surface area contributed by atoms with Crippen molar-refractivity contribution in [2.75, 3.05) is 12.4 Å². The summed E-state index contributed by atoms with van der Waals surface area (Å²) in [5.41, 5.74) is 2.19. The molecule has 2 N–H and O–H groups in total. The zero-order valence-corrected chi connectivity index (χ0v) is 18.0. The second kappa shape index (κ2) is 9.65. The molecule has 0 aliphatic heterocycles. The van der Waals surface area contributed by atoms with Crippen LogP contribution in [0.25, 0.3) is 11.5 Å². The summed E-state index contributed by atoms with van der Waals surface area (Å²) in [4.78, 5) is 0.267. The molecule has 5 nitrogen and oxygen atoms in total. The maximum atomic E-state index is 13.3. The van der Waals surface area contributed by atoms with E-state index in [1.54, 1.807) is 72.6 Å². The Bertz CT molecular complexity index is 1030. The van der Waals surface area contributed by atoms with E-state index < -0.39 is 0 Å². The summed E-state index contributed by atoms with van der Waals surface area (Å²) in [6, 6.07) is 17.9. The number of ether oxygens (including phenoxy) is 1. The van der Waals surface area contributed by atoms with Crippen LogP contribution >= 0.6 is 28.1 Å². The second-order valence-corrected chi connectivity index (χ2v) is 7.47. The van der Waals surface area contributed by atoms with Crippen LogP contribution in [0, 0.1) is 0 Å². The number of rotatable bonds is 6. The summed E-state index contributed by atoms with van der Waals surface area (Å²) in [7, 11) is 1.60. The molecule has 0 radical (unpaired) electrons. The van der Waals surface area contributed by atoms with E-state index in [-0.39, 0.29) is 23.1 Å². The standard InChI is InChI=1S/C22H19BrN2O3S/c1-28-19-10-8-18(9-11-19)24-22(29)20(25-12-2-3-15(13-25)14-26)21(27)16-4-6-17(23)7-5-16/h2-13,26H,14H2,1H3,(H-,24,27,29). The van der Waals surface area contributed by atoms with Gasteiger partial charge in [-0.3, -0.25) is 0 Å². The molecule has 0 aliphatic carbocycles. The quantitative estimate of drug-likeness (QED) is 0.250. The van der Waals surface area contributed by atoms with Gasteiger partial charge in [0.1, 0.15) is 5.75 Å². The van der Waals surface area contributed by atoms with E-state index in [0.717, 1.165) is 15.9 Å². The number of hydrogen-bond donors (Lipinski definition) is 2. The van der Waals surface area contributed by atoms with Crippen LogP contribution in [0.4, 0.5) is 5.69 Å². The third kappa shape index (κ3) is 5.20. The first kappa shape index (κ1) is 21.0. The lowest BCUT2D eigenvalue weighted by Gasteiger charge is -2.17. The molecule has 1 heterocycles. The van der Waals surface area contributed by atoms with Gasteiger partial charge in [0.15, 0.2) is 17.4 Å². The number of nitrogens with zero attached hydrogens (tertiary/aromatic N) is 1. The zero-order chi connectivity index (χ0) is 20.8. The third-order valence-electron chi connectivity index (χ3n) is 4.19. The van der Waals surface area contributed by atoms with E-state index in [9.17, 15) is 10.2 Å². The molecule has 0 saturated carbocycles. The number of halogens is 1. The Morgan fingerprint density at radius 1 is 1.14 bits per heavy atom. The predicted octanol–water partition coefficient (Wildman–Crippen LogP) is 3.36. The molecule has 0 atom stereocenters. The molecule has 2 aromatic carbocycles. The molecular weight excluding hydrogens is 452 g/mol. The molecule has 29 heavy (non-hydrogen) atoms. The SMILES string of the molecule is COc1ccc(NC(=S)/C(=C(\[O-])c2ccc(Br)cc2)[n+]2cccc(CO)c2)cc1. The minimum atomic E-state index is -0.233. The smallest absolute Gasteiger partial charge is 0.238 e. The van der Waals surface area contributed by atoms with Crippen LogP contribution in [-0.2, 0) is 6.61 Å². The molecular formula is C22H19BrN2O3S. The van der Waals surface area contributed by atoms with Gasteiger partial charge in [0.05, 0.1) is 13.7 Å². The van der Waals surface area contributed by atoms with Gasteiger partial charge in [-0.1, -0.05) is 40.3 Å². The van der Waals surface area contributed by atoms with Gasteiger partial charge in [-0.05, 0) is 53.8 Å². The van der Waals surface area contributed by atoms with E-state index in [1.165, 1.54) is 0 Å². The Balaban J connectivity index is 2.04. The van der Waals surface area contributed by atoms with Crippen molar-refractivity contribution in [3.8, 4) is 5.75 Å². The third-order valence-corrected chi connectivity index (χ3v) is 5.01. The Kier molecular flexibility index (Phi) is 6.98. The van der Waals surface area contributed by atoms with Crippen LogP contribution < -0.4 is 19.7 Å². The monoisotopic (exact) mass is 470 g/mol. The molecule has 3 aromatic rings. The van der Waals surface area contributed by atoms with E-state index in [4.69, 9.17) is 17.0 Å². The van der Waals surface area contributed by atoms with Gasteiger partial charge in [-0.15, -0.1) is 0 Å². The van der Waals surface area contributed by atoms with Crippen LogP contribution in [0.5, 0.6) is 5.75 Å². The number of benzene rings is 2. The molecule has 3 rings (SSSR count). The molecule has 1 aromatic heterocycles. The minimum Gasteiger partial charge on any atom is -0.867 e. The van der Waals surface area contributed by atoms with Crippen LogP contribution in [0.3, 0.4) is 0 Å². The number of thiocarbonyl (C=S) groups is 1. The Morgan fingerprint density at radius 2 is 1.83 bits per heavy atom. The van der Waals surface area contributed by atoms with E-state index in [0.29, 0.717) is 11.1 Å². The van der Waals surface area contributed by atoms with Gasteiger partial charge in [0, 0.05) is 21.8 Å². The Labute approximate surface area is 183 Å². The van der Waals surface area contributed by atoms with Gasteiger partial charge in [0.2, 0.25) is 5.70 Å². The lowest BCUT2D eigenvalue weighted by atomic mass is 10.1. The fourth-order valence-corrected chi connectivity index (χ4v) is 3.28. The maximum Gasteiger partial charge on any atom is 0.238 e. The molecule has 0 fully saturated rings. The molecule has 0 amide bonds. The van der Waals surface area contributed by atoms with Crippen molar-refractivity contribution in [3.63, 3.8) is 0 Å². The van der Waals surface area contributed by atoms with Gasteiger partial charge in [-0.25, -0.2) is 0 Å². The van der Waals surface area contributed by atoms with Crippen LogP contribution in [0.1, 0.15) is 11.1 Å². The van der Waals surface area contributed by atoms with Crippen molar-refractivity contribution >= 4 is 50.3 Å². The Hall–Kier alpha value is -2.74. The normalized spacial score (nSPS) is 11.6. The number of pyridine rings is 1. The van der Waals surface area contributed by atoms with Crippen molar-refractivity contribution in [1.29, 1.82) is 0 Å². The number of aromatic nitrogens is 1. The van der Waals surface area contributed by atoms with Crippen molar-refractivity contribution in [2.24, 2.45) is 0 Å². The zero-order valence-electron chi connectivity index (χ0n) is 15.6. The summed E-state index contributed by atoms with van der Waals surface area (Å²) in [6.45, 7) is -0.140. The first-order valence-corrected chi connectivity index (χ1v) is 9.96. The van der Waals surface area contributed by atoms with Gasteiger partial charge >= 0.3 is 0 Å². The second-order valence-electron chi connectivity index (χ2n) is 6.14. The molecule has 7 heteroatoms. The molecule has 0 saturated heterocycles. The summed E-state index contributed by atoms with van der Waals surface area (Å²) < 4.78 is 7.68. The van der Waals surface area contributed by atoms with Gasteiger partial charge in [-0.2, -0.15) is 4.57 Å². The highest BCUT2D eigenvalue weighted by Crippen LogP contribution is 2.20. The van der Waals surface area contributed by atoms with Crippen LogP contribution in [0.2, 0.25) is 0 Å². The number of aliphatic hydroxyl groups is 1. The lowest BCUT2D eigenvalue weighted by molar-refractivity contribution is -0.578. The molecule has 0 bridgehead atoms. The van der Waals surface area contributed by atoms with Gasteiger partial charge in [0.25, 0.3) is 0 Å². The van der Waals surface area contributed by atoms with Crippen molar-refractivity contribution in [3.05, 3.63) is 88.7 Å². The number of hydrogen-bond acceptors (Lipinski definition) is 4. The average Bonchev–Trinajstić information content (AvgIpc) is 2.75. The fraction of sp³-hybridized carbons (Fsp3) is 0.0909. The Morgan fingerprint density at radius 3 is 2.45 bits per heavy atom. The first-order valence-electron chi connectivity index (χ1n) is 8.76. The topological polar surface area (TPSA) is 68.4 Å². The van der Waals surface area contributed by atoms with Crippen molar-refractivity contribution < 1.29 is 19.5 Å². The number of anilines is 1. The fourth-order valence-electron chi connectivity index (χ4n) is 2.70. The summed E-state index contributed by atoms with van der Waals surface area (Å²) in [6.07, 6.45) is 3.42. The van der Waals surface area contributed by atoms with Crippen molar-refractivity contribution in [1.82, 2.24) is 0 Å². The number of nitrogens with one attached hydrogen (secondary N) is 1. The number of methoxy groups -OCH3 is 1. The van der Waals surface area contributed by atoms with E-state index >= 15 is 0 Å². The molecule has 0 unspecified atom stereocenters. The number of aliphatic hydroxyl groups excluding tert-OH is 1. The maximum absolute atomic E-state index is 13.3. The highest BCUT2D eigenvalue weighted by atomic mass is 79.9. The first-order chi connectivity index (χ1) is 14.0. The van der Waals surface area contributed by atoms with Gasteiger partial charge < -0.3 is 20.3 Å².